The Morgan fingerprint density at radius 2 is 1.83 bits per heavy atom. The largest absolute Gasteiger partial charge is 0.496 e. The van der Waals surface area contributed by atoms with Crippen molar-refractivity contribution in [2.24, 2.45) is 7.05 Å². The van der Waals surface area contributed by atoms with Crippen molar-refractivity contribution in [1.29, 1.82) is 0 Å². The number of fused-ring (bicyclic) bond motifs is 1. The first-order chi connectivity index (χ1) is 11.1. The monoisotopic (exact) mass is 329 g/mol. The Kier molecular flexibility index (Phi) is 3.92. The fraction of sp³-hybridized carbons (Fsp3) is 0.176. The van der Waals surface area contributed by atoms with Crippen LogP contribution in [0.25, 0.3) is 21.2 Å². The highest BCUT2D eigenvalue weighted by Crippen LogP contribution is 2.37. The van der Waals surface area contributed by atoms with Crippen LogP contribution in [0.1, 0.15) is 10.4 Å². The summed E-state index contributed by atoms with van der Waals surface area (Å²) in [4.78, 5) is 23.5. The average Bonchev–Trinajstić information content (AvgIpc) is 3.06. The Hall–Kier alpha value is -2.60. The lowest BCUT2D eigenvalue weighted by Crippen LogP contribution is -2.15. The molecule has 0 saturated heterocycles. The van der Waals surface area contributed by atoms with Gasteiger partial charge in [0.15, 0.2) is 6.29 Å². The molecule has 1 aromatic carbocycles. The van der Waals surface area contributed by atoms with Gasteiger partial charge in [0.25, 0.3) is 5.56 Å². The Bertz CT molecular complexity index is 930. The first kappa shape index (κ1) is 15.3. The van der Waals surface area contributed by atoms with Gasteiger partial charge in [0.2, 0.25) is 0 Å². The van der Waals surface area contributed by atoms with Gasteiger partial charge in [0, 0.05) is 23.5 Å². The Morgan fingerprint density at radius 3 is 2.39 bits per heavy atom. The van der Waals surface area contributed by atoms with E-state index < -0.39 is 0 Å². The highest BCUT2D eigenvalue weighted by molar-refractivity contribution is 7.17. The number of thiophene rings is 1. The molecule has 3 aromatic rings. The summed E-state index contributed by atoms with van der Waals surface area (Å²) in [5.41, 5.74) is 2.05. The molecule has 23 heavy (non-hydrogen) atoms. The van der Waals surface area contributed by atoms with E-state index in [0.717, 1.165) is 15.8 Å². The fourth-order valence-electron chi connectivity index (χ4n) is 2.60. The zero-order chi connectivity index (χ0) is 16.6. The minimum atomic E-state index is -0.0339. The SMILES string of the molecule is COc1cc(-c2cn(C)c(=O)c3ccsc23)cc(OC)c1C=O. The number of aryl methyl sites for hydroxylation is 1. The summed E-state index contributed by atoms with van der Waals surface area (Å²) in [5, 5.41) is 2.57. The van der Waals surface area contributed by atoms with E-state index in [2.05, 4.69) is 0 Å². The van der Waals surface area contributed by atoms with E-state index in [-0.39, 0.29) is 5.56 Å². The van der Waals surface area contributed by atoms with Crippen LogP contribution in [0.2, 0.25) is 0 Å². The second-order valence-electron chi connectivity index (χ2n) is 5.03. The zero-order valence-electron chi connectivity index (χ0n) is 13.0. The number of rotatable bonds is 4. The molecule has 118 valence electrons. The highest BCUT2D eigenvalue weighted by Gasteiger charge is 2.16. The number of carbonyl (C=O) groups is 1. The number of nitrogens with zero attached hydrogens (tertiary/aromatic N) is 1. The van der Waals surface area contributed by atoms with E-state index in [1.165, 1.54) is 25.6 Å². The van der Waals surface area contributed by atoms with E-state index >= 15 is 0 Å². The molecule has 2 heterocycles. The number of benzene rings is 1. The molecular weight excluding hydrogens is 314 g/mol. The molecule has 5 nitrogen and oxygen atoms in total. The Morgan fingerprint density at radius 1 is 1.17 bits per heavy atom. The smallest absolute Gasteiger partial charge is 0.259 e. The van der Waals surface area contributed by atoms with E-state index in [1.807, 2.05) is 11.4 Å². The first-order valence-corrected chi connectivity index (χ1v) is 7.77. The van der Waals surface area contributed by atoms with Gasteiger partial charge in [-0.05, 0) is 29.1 Å². The molecule has 0 saturated carbocycles. The van der Waals surface area contributed by atoms with Crippen LogP contribution in [0.4, 0.5) is 0 Å². The van der Waals surface area contributed by atoms with Gasteiger partial charge in [-0.1, -0.05) is 0 Å². The van der Waals surface area contributed by atoms with E-state index in [4.69, 9.17) is 9.47 Å². The number of aromatic nitrogens is 1. The van der Waals surface area contributed by atoms with E-state index in [0.29, 0.717) is 28.7 Å². The third kappa shape index (κ3) is 2.41. The molecule has 0 radical (unpaired) electrons. The lowest BCUT2D eigenvalue weighted by molar-refractivity contribution is 0.111. The third-order valence-electron chi connectivity index (χ3n) is 3.76. The fourth-order valence-corrected chi connectivity index (χ4v) is 3.52. The van der Waals surface area contributed by atoms with Crippen LogP contribution in [0.5, 0.6) is 11.5 Å². The van der Waals surface area contributed by atoms with Crippen LogP contribution < -0.4 is 15.0 Å². The minimum absolute atomic E-state index is 0.0339. The van der Waals surface area contributed by atoms with Crippen molar-refractivity contribution in [3.63, 3.8) is 0 Å². The molecule has 0 spiro atoms. The molecule has 2 aromatic heterocycles. The predicted molar refractivity (Wildman–Crippen MR) is 91.0 cm³/mol. The summed E-state index contributed by atoms with van der Waals surface area (Å²) >= 11 is 1.50. The summed E-state index contributed by atoms with van der Waals surface area (Å²) in [6.07, 6.45) is 2.50. The molecule has 0 amide bonds. The second kappa shape index (κ2) is 5.89. The van der Waals surface area contributed by atoms with Gasteiger partial charge >= 0.3 is 0 Å². The number of aldehydes is 1. The van der Waals surface area contributed by atoms with Gasteiger partial charge in [0.05, 0.1) is 25.2 Å². The van der Waals surface area contributed by atoms with Crippen molar-refractivity contribution in [3.8, 4) is 22.6 Å². The molecule has 0 aliphatic heterocycles. The zero-order valence-corrected chi connectivity index (χ0v) is 13.8. The molecule has 6 heteroatoms. The van der Waals surface area contributed by atoms with Gasteiger partial charge in [0.1, 0.15) is 11.5 Å². The van der Waals surface area contributed by atoms with E-state index in [9.17, 15) is 9.59 Å². The summed E-state index contributed by atoms with van der Waals surface area (Å²) in [5.74, 6) is 0.876. The summed E-state index contributed by atoms with van der Waals surface area (Å²) in [6.45, 7) is 0. The van der Waals surface area contributed by atoms with Gasteiger partial charge < -0.3 is 14.0 Å². The minimum Gasteiger partial charge on any atom is -0.496 e. The van der Waals surface area contributed by atoms with Crippen LogP contribution in [0, 0.1) is 0 Å². The molecule has 0 bridgehead atoms. The quantitative estimate of drug-likeness (QED) is 0.690. The second-order valence-corrected chi connectivity index (χ2v) is 5.95. The predicted octanol–water partition coefficient (Wildman–Crippen LogP) is 3.10. The Labute approximate surface area is 136 Å². The van der Waals surface area contributed by atoms with Crippen molar-refractivity contribution < 1.29 is 14.3 Å². The normalized spacial score (nSPS) is 10.7. The maximum absolute atomic E-state index is 12.2. The van der Waals surface area contributed by atoms with Crippen LogP contribution in [0.3, 0.4) is 0 Å². The molecule has 3 rings (SSSR count). The number of ether oxygens (including phenoxy) is 2. The van der Waals surface area contributed by atoms with Crippen molar-refractivity contribution in [3.05, 3.63) is 45.7 Å². The van der Waals surface area contributed by atoms with Gasteiger partial charge in [-0.2, -0.15) is 0 Å². The topological polar surface area (TPSA) is 57.5 Å². The van der Waals surface area contributed by atoms with Crippen molar-refractivity contribution >= 4 is 27.7 Å². The number of methoxy groups -OCH3 is 2. The average molecular weight is 329 g/mol. The molecule has 0 fully saturated rings. The molecule has 0 atom stereocenters. The standard InChI is InChI=1S/C17H15NO4S/c1-18-8-12(16-11(17(18)20)4-5-23-16)10-6-14(21-2)13(9-19)15(7-10)22-3/h4-9H,1-3H3. The molecular formula is C17H15NO4S. The molecule has 0 N–H and O–H groups in total. The van der Waals surface area contributed by atoms with Gasteiger partial charge in [-0.3, -0.25) is 9.59 Å². The van der Waals surface area contributed by atoms with Crippen molar-refractivity contribution in [2.45, 2.75) is 0 Å². The third-order valence-corrected chi connectivity index (χ3v) is 4.70. The van der Waals surface area contributed by atoms with Crippen molar-refractivity contribution in [1.82, 2.24) is 4.57 Å². The number of pyridine rings is 1. The van der Waals surface area contributed by atoms with Gasteiger partial charge in [-0.25, -0.2) is 0 Å². The number of hydrogen-bond donors (Lipinski definition) is 0. The lowest BCUT2D eigenvalue weighted by Gasteiger charge is -2.13. The van der Waals surface area contributed by atoms with Crippen LogP contribution >= 0.6 is 11.3 Å². The maximum Gasteiger partial charge on any atom is 0.259 e. The summed E-state index contributed by atoms with van der Waals surface area (Å²) in [7, 11) is 4.73. The van der Waals surface area contributed by atoms with Crippen LogP contribution in [0.15, 0.2) is 34.6 Å². The highest BCUT2D eigenvalue weighted by atomic mass is 32.1. The molecule has 0 aliphatic carbocycles. The summed E-state index contributed by atoms with van der Waals surface area (Å²) < 4.78 is 13.1. The summed E-state index contributed by atoms with van der Waals surface area (Å²) in [6, 6.07) is 5.39. The number of hydrogen-bond acceptors (Lipinski definition) is 5. The van der Waals surface area contributed by atoms with Gasteiger partial charge in [-0.15, -0.1) is 11.3 Å². The molecule has 0 aliphatic rings. The van der Waals surface area contributed by atoms with E-state index in [1.54, 1.807) is 29.9 Å². The Balaban J connectivity index is 2.35. The van der Waals surface area contributed by atoms with Crippen LogP contribution in [-0.2, 0) is 7.05 Å². The maximum atomic E-state index is 12.2. The molecule has 0 unspecified atom stereocenters. The van der Waals surface area contributed by atoms with Crippen LogP contribution in [-0.4, -0.2) is 25.1 Å². The van der Waals surface area contributed by atoms with Crippen molar-refractivity contribution in [2.75, 3.05) is 14.2 Å². The number of carbonyl (C=O) groups excluding carboxylic acids is 1. The lowest BCUT2D eigenvalue weighted by atomic mass is 10.0. The first-order valence-electron chi connectivity index (χ1n) is 6.89.